The molecule has 0 bridgehead atoms. The summed E-state index contributed by atoms with van der Waals surface area (Å²) < 4.78 is 0. The average molecular weight is 183 g/mol. The lowest BCUT2D eigenvalue weighted by Crippen LogP contribution is -1.76. The highest BCUT2D eigenvalue weighted by Crippen LogP contribution is 2.03. The van der Waals surface area contributed by atoms with Crippen LogP contribution in [0, 0.1) is 11.3 Å². The van der Waals surface area contributed by atoms with Crippen LogP contribution in [0.5, 0.6) is 0 Å². The lowest BCUT2D eigenvalue weighted by atomic mass is 10.1. The Morgan fingerprint density at radius 2 is 1.62 bits per heavy atom. The summed E-state index contributed by atoms with van der Waals surface area (Å²) in [6.07, 6.45) is 4.97. The van der Waals surface area contributed by atoms with Crippen molar-refractivity contribution >= 4 is 0 Å². The maximum atomic E-state index is 8.47. The van der Waals surface area contributed by atoms with Gasteiger partial charge < -0.3 is 0 Å². The van der Waals surface area contributed by atoms with Crippen LogP contribution in [0.2, 0.25) is 0 Å². The van der Waals surface area contributed by atoms with Gasteiger partial charge in [0.05, 0.1) is 6.07 Å². The Kier molecular flexibility index (Phi) is 31.3. The molecule has 1 heteroatoms. The summed E-state index contributed by atoms with van der Waals surface area (Å²) in [4.78, 5) is 0. The lowest BCUT2D eigenvalue weighted by molar-refractivity contribution is 0.920. The maximum Gasteiger partial charge on any atom is 0.0943 e. The summed E-state index contributed by atoms with van der Waals surface area (Å²) in [6, 6.07) is 2.16. The largest absolute Gasteiger partial charge is 0.193 e. The van der Waals surface area contributed by atoms with Gasteiger partial charge in [0, 0.05) is 5.57 Å². The van der Waals surface area contributed by atoms with Gasteiger partial charge in [0.1, 0.15) is 0 Å². The molecule has 0 fully saturated rings. The Morgan fingerprint density at radius 3 is 1.85 bits per heavy atom. The van der Waals surface area contributed by atoms with Crippen LogP contribution in [0.1, 0.15) is 60.8 Å². The summed E-state index contributed by atoms with van der Waals surface area (Å²) in [7, 11) is 0. The van der Waals surface area contributed by atoms with Crippen molar-refractivity contribution in [2.75, 3.05) is 0 Å². The predicted molar refractivity (Wildman–Crippen MR) is 61.6 cm³/mol. The molecule has 0 saturated heterocycles. The third-order valence-electron chi connectivity index (χ3n) is 1.11. The number of hydrogen-bond donors (Lipinski definition) is 0. The topological polar surface area (TPSA) is 23.8 Å². The molecule has 0 atom stereocenters. The fourth-order valence-electron chi connectivity index (χ4n) is 0.719. The molecule has 0 saturated carbocycles. The van der Waals surface area contributed by atoms with Gasteiger partial charge in [-0.3, -0.25) is 0 Å². The number of nitriles is 1. The minimum Gasteiger partial charge on any atom is -0.193 e. The molecule has 0 aromatic heterocycles. The van der Waals surface area contributed by atoms with E-state index in [-0.39, 0.29) is 0 Å². The van der Waals surface area contributed by atoms with Crippen molar-refractivity contribution in [1.29, 1.82) is 5.26 Å². The van der Waals surface area contributed by atoms with Crippen molar-refractivity contribution in [1.82, 2.24) is 0 Å². The summed E-state index contributed by atoms with van der Waals surface area (Å²) in [6.45, 7) is 12.1. The van der Waals surface area contributed by atoms with E-state index in [2.05, 4.69) is 13.0 Å². The highest BCUT2D eigenvalue weighted by atomic mass is 14.2. The minimum absolute atomic E-state index is 0.931. The van der Waals surface area contributed by atoms with Crippen molar-refractivity contribution in [3.05, 3.63) is 11.6 Å². The Labute approximate surface area is 84.5 Å². The lowest BCUT2D eigenvalue weighted by Gasteiger charge is -1.90. The zero-order valence-electron chi connectivity index (χ0n) is 10.1. The molecular weight excluding hydrogens is 158 g/mol. The molecule has 0 amide bonds. The van der Waals surface area contributed by atoms with Gasteiger partial charge in [-0.2, -0.15) is 5.26 Å². The minimum atomic E-state index is 0.931. The van der Waals surface area contributed by atoms with Gasteiger partial charge in [-0.05, 0) is 12.8 Å². The zero-order valence-corrected chi connectivity index (χ0v) is 10.1. The molecule has 0 heterocycles. The Morgan fingerprint density at radius 1 is 1.15 bits per heavy atom. The van der Waals surface area contributed by atoms with Crippen LogP contribution in [-0.4, -0.2) is 0 Å². The van der Waals surface area contributed by atoms with E-state index in [1.165, 1.54) is 0 Å². The van der Waals surface area contributed by atoms with Crippen LogP contribution >= 0.6 is 0 Å². The molecule has 0 aromatic rings. The number of nitrogens with zero attached hydrogens (tertiary/aromatic N) is 1. The molecule has 0 rings (SSSR count). The van der Waals surface area contributed by atoms with Crippen molar-refractivity contribution in [2.24, 2.45) is 0 Å². The quantitative estimate of drug-likeness (QED) is 0.582. The van der Waals surface area contributed by atoms with Crippen LogP contribution < -0.4 is 0 Å². The first-order valence-corrected chi connectivity index (χ1v) is 5.44. The standard InChI is InChI=1S/C8H13N.2C2H6/c1-3-5-8(7-9)6-4-2;2*1-2/h5H,3-4,6H2,1-2H3;2*1-2H3/b8-5+;;. The Hall–Kier alpha value is -0.770. The monoisotopic (exact) mass is 183 g/mol. The molecule has 0 spiro atoms. The van der Waals surface area contributed by atoms with E-state index in [0.717, 1.165) is 24.8 Å². The van der Waals surface area contributed by atoms with Crippen molar-refractivity contribution in [3.63, 3.8) is 0 Å². The molecule has 1 nitrogen and oxygen atoms in total. The van der Waals surface area contributed by atoms with Gasteiger partial charge in [-0.1, -0.05) is 54.0 Å². The van der Waals surface area contributed by atoms with Crippen molar-refractivity contribution in [2.45, 2.75) is 60.8 Å². The molecule has 0 unspecified atom stereocenters. The van der Waals surface area contributed by atoms with E-state index in [0.29, 0.717) is 0 Å². The Balaban J connectivity index is -0.000000218. The van der Waals surface area contributed by atoms with E-state index in [1.54, 1.807) is 0 Å². The van der Waals surface area contributed by atoms with E-state index >= 15 is 0 Å². The molecule has 0 aliphatic rings. The second-order valence-electron chi connectivity index (χ2n) is 2.00. The fourth-order valence-corrected chi connectivity index (χ4v) is 0.719. The van der Waals surface area contributed by atoms with Crippen molar-refractivity contribution in [3.8, 4) is 6.07 Å². The van der Waals surface area contributed by atoms with Gasteiger partial charge in [-0.25, -0.2) is 0 Å². The van der Waals surface area contributed by atoms with Gasteiger partial charge in [0.15, 0.2) is 0 Å². The number of allylic oxidation sites excluding steroid dienone is 2. The molecule has 13 heavy (non-hydrogen) atoms. The second kappa shape index (κ2) is 22.5. The van der Waals surface area contributed by atoms with Crippen LogP contribution in [0.15, 0.2) is 11.6 Å². The first kappa shape index (κ1) is 18.1. The fraction of sp³-hybridized carbons (Fsp3) is 0.750. The smallest absolute Gasteiger partial charge is 0.0943 e. The summed E-state index contributed by atoms with van der Waals surface area (Å²) in [5.74, 6) is 0. The van der Waals surface area contributed by atoms with Crippen molar-refractivity contribution < 1.29 is 0 Å². The third-order valence-corrected chi connectivity index (χ3v) is 1.11. The number of hydrogen-bond acceptors (Lipinski definition) is 1. The maximum absolute atomic E-state index is 8.47. The molecule has 0 N–H and O–H groups in total. The molecule has 0 aliphatic heterocycles. The van der Waals surface area contributed by atoms with Crippen LogP contribution in [0.25, 0.3) is 0 Å². The zero-order chi connectivity index (χ0) is 11.1. The van der Waals surface area contributed by atoms with Gasteiger partial charge >= 0.3 is 0 Å². The molecule has 0 aliphatic carbocycles. The second-order valence-corrected chi connectivity index (χ2v) is 2.00. The third kappa shape index (κ3) is 18.3. The van der Waals surface area contributed by atoms with Crippen LogP contribution in [0.3, 0.4) is 0 Å². The summed E-state index contributed by atoms with van der Waals surface area (Å²) in [5.41, 5.74) is 0.931. The highest BCUT2D eigenvalue weighted by Gasteiger charge is 1.89. The molecule has 0 aromatic carbocycles. The first-order valence-electron chi connectivity index (χ1n) is 5.44. The molecular formula is C12H25N. The van der Waals surface area contributed by atoms with Gasteiger partial charge in [0.2, 0.25) is 0 Å². The van der Waals surface area contributed by atoms with Crippen LogP contribution in [0.4, 0.5) is 0 Å². The van der Waals surface area contributed by atoms with E-state index in [4.69, 9.17) is 5.26 Å². The predicted octanol–water partition coefficient (Wildman–Crippen LogP) is 4.70. The van der Waals surface area contributed by atoms with E-state index < -0.39 is 0 Å². The Bertz CT molecular complexity index is 129. The van der Waals surface area contributed by atoms with Crippen LogP contribution in [-0.2, 0) is 0 Å². The molecule has 0 radical (unpaired) electrons. The normalized spacial score (nSPS) is 8.54. The van der Waals surface area contributed by atoms with Gasteiger partial charge in [-0.15, -0.1) is 0 Å². The average Bonchev–Trinajstić information content (AvgIpc) is 2.23. The SMILES string of the molecule is CC.CC.CC/C=C(/C#N)CCC. The van der Waals surface area contributed by atoms with Gasteiger partial charge in [0.25, 0.3) is 0 Å². The summed E-state index contributed by atoms with van der Waals surface area (Å²) in [5, 5.41) is 8.47. The van der Waals surface area contributed by atoms with E-state index in [9.17, 15) is 0 Å². The number of rotatable bonds is 3. The highest BCUT2D eigenvalue weighted by molar-refractivity contribution is 5.19. The summed E-state index contributed by atoms with van der Waals surface area (Å²) >= 11 is 0. The molecule has 78 valence electrons. The first-order chi connectivity index (χ1) is 6.35. The van der Waals surface area contributed by atoms with E-state index in [1.807, 2.05) is 40.7 Å².